The highest BCUT2D eigenvalue weighted by Crippen LogP contribution is 2.11. The second-order valence-electron chi connectivity index (χ2n) is 3.79. The van der Waals surface area contributed by atoms with Crippen LogP contribution in [0.3, 0.4) is 0 Å². The largest absolute Gasteiger partial charge is 0.480 e. The highest BCUT2D eigenvalue weighted by atomic mass is 32.1. The summed E-state index contributed by atoms with van der Waals surface area (Å²) in [4.78, 5) is 25.9. The highest BCUT2D eigenvalue weighted by molar-refractivity contribution is 7.13. The second-order valence-corrected chi connectivity index (χ2v) is 4.68. The van der Waals surface area contributed by atoms with Crippen molar-refractivity contribution in [2.24, 2.45) is 5.73 Å². The minimum atomic E-state index is -1.03. The molecule has 1 aromatic heterocycles. The van der Waals surface area contributed by atoms with Gasteiger partial charge in [0.05, 0.1) is 12.1 Å². The summed E-state index contributed by atoms with van der Waals surface area (Å²) in [6.07, 6.45) is 1.04. The molecule has 1 heterocycles. The fourth-order valence-corrected chi connectivity index (χ4v) is 1.87. The van der Waals surface area contributed by atoms with Crippen molar-refractivity contribution in [1.82, 2.24) is 10.3 Å². The van der Waals surface area contributed by atoms with E-state index in [2.05, 4.69) is 10.3 Å². The predicted octanol–water partition coefficient (Wildman–Crippen LogP) is -0.424. The van der Waals surface area contributed by atoms with Crippen molar-refractivity contribution in [2.75, 3.05) is 12.3 Å². The number of nitrogens with zero attached hydrogens (tertiary/aromatic N) is 1. The molecule has 1 rings (SSSR count). The number of carbonyl (C=O) groups excluding carboxylic acids is 1. The van der Waals surface area contributed by atoms with Gasteiger partial charge in [-0.15, -0.1) is 11.3 Å². The Balaban J connectivity index is 2.16. The molecule has 6 N–H and O–H groups in total. The third-order valence-corrected chi connectivity index (χ3v) is 2.97. The molecule has 0 fully saturated rings. The van der Waals surface area contributed by atoms with E-state index in [-0.39, 0.29) is 12.3 Å². The topological polar surface area (TPSA) is 131 Å². The number of nitrogen functional groups attached to an aromatic ring is 1. The fourth-order valence-electron chi connectivity index (χ4n) is 1.30. The van der Waals surface area contributed by atoms with Crippen LogP contribution in [0.15, 0.2) is 5.38 Å². The van der Waals surface area contributed by atoms with Crippen molar-refractivity contribution < 1.29 is 14.7 Å². The van der Waals surface area contributed by atoms with Crippen LogP contribution >= 0.6 is 11.3 Å². The molecule has 1 atom stereocenters. The van der Waals surface area contributed by atoms with Crippen molar-refractivity contribution in [3.8, 4) is 0 Å². The molecule has 18 heavy (non-hydrogen) atoms. The van der Waals surface area contributed by atoms with E-state index in [9.17, 15) is 9.59 Å². The van der Waals surface area contributed by atoms with Gasteiger partial charge in [-0.05, 0) is 12.8 Å². The number of aromatic nitrogens is 1. The number of carboxylic acid groups (broad SMARTS) is 1. The molecule has 100 valence electrons. The van der Waals surface area contributed by atoms with E-state index >= 15 is 0 Å². The van der Waals surface area contributed by atoms with Crippen molar-refractivity contribution in [2.45, 2.75) is 25.3 Å². The lowest BCUT2D eigenvalue weighted by atomic mass is 10.2. The van der Waals surface area contributed by atoms with E-state index in [0.29, 0.717) is 30.2 Å². The first-order valence-corrected chi connectivity index (χ1v) is 6.32. The molecule has 0 aromatic carbocycles. The number of aliphatic carboxylic acids is 1. The molecular formula is C10H16N4O3S. The molecule has 0 radical (unpaired) electrons. The molecule has 7 nitrogen and oxygen atoms in total. The molecule has 0 aliphatic carbocycles. The maximum Gasteiger partial charge on any atom is 0.320 e. The lowest BCUT2D eigenvalue weighted by molar-refractivity contribution is -0.138. The van der Waals surface area contributed by atoms with Gasteiger partial charge >= 0.3 is 5.97 Å². The number of nitrogens with two attached hydrogens (primary N) is 2. The van der Waals surface area contributed by atoms with Gasteiger partial charge in [-0.2, -0.15) is 0 Å². The number of carbonyl (C=O) groups is 2. The van der Waals surface area contributed by atoms with E-state index in [1.54, 1.807) is 5.38 Å². The smallest absolute Gasteiger partial charge is 0.320 e. The first kappa shape index (κ1) is 14.4. The Morgan fingerprint density at radius 2 is 2.28 bits per heavy atom. The van der Waals surface area contributed by atoms with Crippen LogP contribution in [0, 0.1) is 0 Å². The average molecular weight is 272 g/mol. The van der Waals surface area contributed by atoms with Gasteiger partial charge in [0.1, 0.15) is 6.04 Å². The zero-order chi connectivity index (χ0) is 13.5. The molecule has 0 spiro atoms. The summed E-state index contributed by atoms with van der Waals surface area (Å²) in [6.45, 7) is 0.402. The molecule has 1 amide bonds. The maximum atomic E-state index is 11.5. The molecule has 0 aliphatic heterocycles. The number of amides is 1. The van der Waals surface area contributed by atoms with Crippen molar-refractivity contribution >= 4 is 28.3 Å². The van der Waals surface area contributed by atoms with Gasteiger partial charge in [0.25, 0.3) is 0 Å². The summed E-state index contributed by atoms with van der Waals surface area (Å²) < 4.78 is 0. The number of hydrogen-bond donors (Lipinski definition) is 4. The summed E-state index contributed by atoms with van der Waals surface area (Å²) in [5, 5.41) is 13.4. The number of anilines is 1. The van der Waals surface area contributed by atoms with Crippen LogP contribution in [0.2, 0.25) is 0 Å². The number of carboxylic acids is 1. The fraction of sp³-hybridized carbons (Fsp3) is 0.500. The van der Waals surface area contributed by atoms with E-state index in [0.717, 1.165) is 0 Å². The average Bonchev–Trinajstić information content (AvgIpc) is 2.69. The molecule has 0 saturated carbocycles. The molecule has 1 aromatic rings. The zero-order valence-electron chi connectivity index (χ0n) is 9.76. The summed E-state index contributed by atoms with van der Waals surface area (Å²) in [6, 6.07) is -0.875. The molecule has 0 saturated heterocycles. The van der Waals surface area contributed by atoms with Gasteiger partial charge in [0.15, 0.2) is 5.13 Å². The van der Waals surface area contributed by atoms with Crippen molar-refractivity contribution in [1.29, 1.82) is 0 Å². The predicted molar refractivity (Wildman–Crippen MR) is 68.1 cm³/mol. The number of thiazole rings is 1. The van der Waals surface area contributed by atoms with E-state index in [1.807, 2.05) is 0 Å². The first-order valence-electron chi connectivity index (χ1n) is 5.44. The Morgan fingerprint density at radius 3 is 2.83 bits per heavy atom. The van der Waals surface area contributed by atoms with E-state index in [1.165, 1.54) is 11.3 Å². The molecule has 0 aliphatic rings. The summed E-state index contributed by atoms with van der Waals surface area (Å²) in [5.74, 6) is -1.19. The van der Waals surface area contributed by atoms with Crippen LogP contribution in [-0.4, -0.2) is 34.6 Å². The van der Waals surface area contributed by atoms with Crippen molar-refractivity contribution in [3.63, 3.8) is 0 Å². The van der Waals surface area contributed by atoms with Crippen LogP contribution in [-0.2, 0) is 16.0 Å². The number of hydrogen-bond acceptors (Lipinski definition) is 6. The quantitative estimate of drug-likeness (QED) is 0.498. The van der Waals surface area contributed by atoms with Gasteiger partial charge < -0.3 is 21.9 Å². The Kier molecular flexibility index (Phi) is 5.53. The van der Waals surface area contributed by atoms with Crippen LogP contribution in [0.5, 0.6) is 0 Å². The third kappa shape index (κ3) is 5.11. The lowest BCUT2D eigenvalue weighted by Crippen LogP contribution is -2.32. The van der Waals surface area contributed by atoms with Gasteiger partial charge in [-0.3, -0.25) is 9.59 Å². The van der Waals surface area contributed by atoms with Gasteiger partial charge in [-0.1, -0.05) is 0 Å². The maximum absolute atomic E-state index is 11.5. The van der Waals surface area contributed by atoms with E-state index in [4.69, 9.17) is 16.6 Å². The number of nitrogens with one attached hydrogen (secondary N) is 1. The SMILES string of the molecule is Nc1nc(CC(=O)NCCC[C@H](N)C(=O)O)cs1. The third-order valence-electron chi connectivity index (χ3n) is 2.24. The normalized spacial score (nSPS) is 12.1. The van der Waals surface area contributed by atoms with Crippen LogP contribution in [0.25, 0.3) is 0 Å². The molecule has 0 unspecified atom stereocenters. The standard InChI is InChI=1S/C10H16N4O3S/c11-7(9(16)17)2-1-3-13-8(15)4-6-5-18-10(12)14-6/h5,7H,1-4,11H2,(H2,12,14)(H,13,15)(H,16,17)/t7-/m0/s1. The van der Waals surface area contributed by atoms with Gasteiger partial charge in [0, 0.05) is 11.9 Å². The Labute approximate surface area is 108 Å². The first-order chi connectivity index (χ1) is 8.49. The van der Waals surface area contributed by atoms with Gasteiger partial charge in [-0.25, -0.2) is 4.98 Å². The van der Waals surface area contributed by atoms with Crippen molar-refractivity contribution in [3.05, 3.63) is 11.1 Å². The monoisotopic (exact) mass is 272 g/mol. The second kappa shape index (κ2) is 6.92. The van der Waals surface area contributed by atoms with Crippen LogP contribution in [0.4, 0.5) is 5.13 Å². The molecule has 8 heteroatoms. The number of rotatable bonds is 7. The Morgan fingerprint density at radius 1 is 1.56 bits per heavy atom. The summed E-state index contributed by atoms with van der Waals surface area (Å²) in [5.41, 5.74) is 11.4. The summed E-state index contributed by atoms with van der Waals surface area (Å²) in [7, 11) is 0. The molecule has 0 bridgehead atoms. The van der Waals surface area contributed by atoms with Crippen LogP contribution in [0.1, 0.15) is 18.5 Å². The Bertz CT molecular complexity index is 421. The minimum Gasteiger partial charge on any atom is -0.480 e. The highest BCUT2D eigenvalue weighted by Gasteiger charge is 2.11. The van der Waals surface area contributed by atoms with Gasteiger partial charge in [0.2, 0.25) is 5.91 Å². The summed E-state index contributed by atoms with van der Waals surface area (Å²) >= 11 is 1.29. The van der Waals surface area contributed by atoms with Crippen LogP contribution < -0.4 is 16.8 Å². The molecular weight excluding hydrogens is 256 g/mol. The minimum absolute atomic E-state index is 0.163. The lowest BCUT2D eigenvalue weighted by Gasteiger charge is -2.06. The zero-order valence-corrected chi connectivity index (χ0v) is 10.6. The Hall–Kier alpha value is -1.67. The van der Waals surface area contributed by atoms with E-state index < -0.39 is 12.0 Å².